The van der Waals surface area contributed by atoms with Crippen LogP contribution in [0.1, 0.15) is 15.9 Å². The van der Waals surface area contributed by atoms with Gasteiger partial charge < -0.3 is 19.1 Å². The summed E-state index contributed by atoms with van der Waals surface area (Å²) in [7, 11) is -2.40. The summed E-state index contributed by atoms with van der Waals surface area (Å²) in [6, 6.07) is 9.54. The fraction of sp³-hybridized carbons (Fsp3) is 0.316. The molecular formula is C19H21BrN2O6S. The van der Waals surface area contributed by atoms with E-state index in [1.807, 2.05) is 4.90 Å². The lowest BCUT2D eigenvalue weighted by atomic mass is 10.1. The van der Waals surface area contributed by atoms with Gasteiger partial charge in [0.05, 0.1) is 40.9 Å². The summed E-state index contributed by atoms with van der Waals surface area (Å²) < 4.78 is 40.2. The number of anilines is 1. The zero-order valence-electron chi connectivity index (χ0n) is 15.8. The normalized spacial score (nSPS) is 14.5. The van der Waals surface area contributed by atoms with Crippen LogP contribution in [0.3, 0.4) is 0 Å². The smallest absolute Gasteiger partial charge is 0.340 e. The highest BCUT2D eigenvalue weighted by atomic mass is 79.9. The second-order valence-corrected chi connectivity index (χ2v) is 8.78. The minimum absolute atomic E-state index is 0.0174. The number of rotatable bonds is 6. The number of nitrogens with zero attached hydrogens (tertiary/aromatic N) is 1. The fourth-order valence-corrected chi connectivity index (χ4v) is 4.09. The Morgan fingerprint density at radius 3 is 2.55 bits per heavy atom. The molecule has 2 N–H and O–H groups in total. The second kappa shape index (κ2) is 9.12. The Hall–Kier alpha value is -2.14. The molecule has 2 aromatic carbocycles. The van der Waals surface area contributed by atoms with Crippen molar-refractivity contribution >= 4 is 37.6 Å². The average Bonchev–Trinajstić information content (AvgIpc) is 2.71. The number of halogens is 1. The standard InChI is InChI=1S/C19H21BrN2O6S/c1-26-18-5-2-13(10-16(18)20)12-28-19(23)15-11-14(29(21,24)25)3-4-17(15)22-6-8-27-9-7-22/h2-5,10-11H,6-9,12H2,1H3,(H2,21,24,25). The van der Waals surface area contributed by atoms with E-state index in [4.69, 9.17) is 19.3 Å². The largest absolute Gasteiger partial charge is 0.496 e. The summed E-state index contributed by atoms with van der Waals surface area (Å²) in [4.78, 5) is 14.6. The van der Waals surface area contributed by atoms with Crippen LogP contribution in [0.2, 0.25) is 0 Å². The molecule has 0 aromatic heterocycles. The van der Waals surface area contributed by atoms with Crippen molar-refractivity contribution in [2.75, 3.05) is 38.3 Å². The van der Waals surface area contributed by atoms with Gasteiger partial charge in [-0.2, -0.15) is 0 Å². The van der Waals surface area contributed by atoms with Crippen LogP contribution in [-0.4, -0.2) is 47.8 Å². The van der Waals surface area contributed by atoms with E-state index < -0.39 is 16.0 Å². The molecule has 0 spiro atoms. The molecule has 156 valence electrons. The molecular weight excluding hydrogens is 464 g/mol. The molecule has 3 rings (SSSR count). The monoisotopic (exact) mass is 484 g/mol. The van der Waals surface area contributed by atoms with E-state index >= 15 is 0 Å². The number of nitrogens with two attached hydrogens (primary N) is 1. The van der Waals surface area contributed by atoms with E-state index in [9.17, 15) is 13.2 Å². The van der Waals surface area contributed by atoms with Gasteiger partial charge in [-0.25, -0.2) is 18.4 Å². The van der Waals surface area contributed by atoms with E-state index in [0.29, 0.717) is 37.7 Å². The van der Waals surface area contributed by atoms with Crippen LogP contribution in [-0.2, 0) is 26.1 Å². The molecule has 0 atom stereocenters. The first-order valence-electron chi connectivity index (χ1n) is 8.78. The number of carbonyl (C=O) groups excluding carboxylic acids is 1. The van der Waals surface area contributed by atoms with Gasteiger partial charge in [0.1, 0.15) is 12.4 Å². The number of hydrogen-bond acceptors (Lipinski definition) is 7. The number of esters is 1. The topological polar surface area (TPSA) is 108 Å². The summed E-state index contributed by atoms with van der Waals surface area (Å²) in [5, 5.41) is 5.23. The minimum atomic E-state index is -3.96. The minimum Gasteiger partial charge on any atom is -0.496 e. The van der Waals surface area contributed by atoms with Crippen LogP contribution < -0.4 is 14.8 Å². The lowest BCUT2D eigenvalue weighted by Gasteiger charge is -2.30. The molecule has 0 unspecified atom stereocenters. The van der Waals surface area contributed by atoms with Gasteiger partial charge in [-0.3, -0.25) is 0 Å². The van der Waals surface area contributed by atoms with Crippen molar-refractivity contribution in [3.8, 4) is 5.75 Å². The number of sulfonamides is 1. The molecule has 1 saturated heterocycles. The third-order valence-corrected chi connectivity index (χ3v) is 5.99. The number of primary sulfonamides is 1. The second-order valence-electron chi connectivity index (χ2n) is 6.37. The molecule has 0 bridgehead atoms. The van der Waals surface area contributed by atoms with Crippen LogP contribution >= 0.6 is 15.9 Å². The van der Waals surface area contributed by atoms with Crippen molar-refractivity contribution in [1.82, 2.24) is 0 Å². The molecule has 0 aliphatic carbocycles. The summed E-state index contributed by atoms with van der Waals surface area (Å²) in [6.07, 6.45) is 0. The van der Waals surface area contributed by atoms with Crippen molar-refractivity contribution < 1.29 is 27.4 Å². The third kappa shape index (κ3) is 5.27. The maximum absolute atomic E-state index is 12.8. The van der Waals surface area contributed by atoms with Gasteiger partial charge >= 0.3 is 5.97 Å². The number of benzene rings is 2. The third-order valence-electron chi connectivity index (χ3n) is 4.45. The van der Waals surface area contributed by atoms with Crippen LogP contribution in [0.5, 0.6) is 5.75 Å². The fourth-order valence-electron chi connectivity index (χ4n) is 2.96. The quantitative estimate of drug-likeness (QED) is 0.626. The molecule has 0 radical (unpaired) electrons. The first-order chi connectivity index (χ1) is 13.8. The highest BCUT2D eigenvalue weighted by molar-refractivity contribution is 9.10. The number of ether oxygens (including phenoxy) is 3. The first kappa shape index (κ1) is 21.6. The lowest BCUT2D eigenvalue weighted by molar-refractivity contribution is 0.0472. The molecule has 8 nitrogen and oxygen atoms in total. The van der Waals surface area contributed by atoms with Crippen LogP contribution in [0.4, 0.5) is 5.69 Å². The molecule has 1 aliphatic heterocycles. The van der Waals surface area contributed by atoms with Crippen molar-refractivity contribution in [3.63, 3.8) is 0 Å². The van der Waals surface area contributed by atoms with E-state index in [1.54, 1.807) is 31.4 Å². The van der Waals surface area contributed by atoms with Gasteiger partial charge in [0, 0.05) is 13.1 Å². The maximum atomic E-state index is 12.8. The molecule has 29 heavy (non-hydrogen) atoms. The van der Waals surface area contributed by atoms with E-state index in [-0.39, 0.29) is 17.1 Å². The average molecular weight is 485 g/mol. The van der Waals surface area contributed by atoms with Gasteiger partial charge in [-0.15, -0.1) is 0 Å². The predicted molar refractivity (Wildman–Crippen MR) is 111 cm³/mol. The SMILES string of the molecule is COc1ccc(COC(=O)c2cc(S(N)(=O)=O)ccc2N2CCOCC2)cc1Br. The summed E-state index contributed by atoms with van der Waals surface area (Å²) in [5.41, 5.74) is 1.48. The van der Waals surface area contributed by atoms with Gasteiger partial charge in [0.15, 0.2) is 0 Å². The zero-order chi connectivity index (χ0) is 21.0. The summed E-state index contributed by atoms with van der Waals surface area (Å²) >= 11 is 3.39. The summed E-state index contributed by atoms with van der Waals surface area (Å²) in [5.74, 6) is 0.0273. The molecule has 1 heterocycles. The van der Waals surface area contributed by atoms with Crippen molar-refractivity contribution in [1.29, 1.82) is 0 Å². The van der Waals surface area contributed by atoms with Gasteiger partial charge in [0.25, 0.3) is 0 Å². The molecule has 1 fully saturated rings. The maximum Gasteiger partial charge on any atom is 0.340 e. The number of methoxy groups -OCH3 is 1. The predicted octanol–water partition coefficient (Wildman–Crippen LogP) is 2.30. The van der Waals surface area contributed by atoms with E-state index in [1.165, 1.54) is 12.1 Å². The Morgan fingerprint density at radius 2 is 1.93 bits per heavy atom. The Morgan fingerprint density at radius 1 is 1.21 bits per heavy atom. The van der Waals surface area contributed by atoms with Crippen molar-refractivity contribution in [2.24, 2.45) is 5.14 Å². The van der Waals surface area contributed by atoms with Gasteiger partial charge in [-0.1, -0.05) is 6.07 Å². The van der Waals surface area contributed by atoms with Crippen molar-refractivity contribution in [3.05, 3.63) is 52.0 Å². The van der Waals surface area contributed by atoms with E-state index in [2.05, 4.69) is 15.9 Å². The summed E-state index contributed by atoms with van der Waals surface area (Å²) in [6.45, 7) is 2.22. The van der Waals surface area contributed by atoms with Crippen LogP contribution in [0.15, 0.2) is 45.8 Å². The highest BCUT2D eigenvalue weighted by Crippen LogP contribution is 2.28. The van der Waals surface area contributed by atoms with Crippen molar-refractivity contribution in [2.45, 2.75) is 11.5 Å². The number of hydrogen-bond donors (Lipinski definition) is 1. The lowest BCUT2D eigenvalue weighted by Crippen LogP contribution is -2.37. The Labute approximate surface area is 177 Å². The Bertz CT molecular complexity index is 1010. The van der Waals surface area contributed by atoms with Gasteiger partial charge in [-0.05, 0) is 51.8 Å². The molecule has 0 saturated carbocycles. The first-order valence-corrected chi connectivity index (χ1v) is 11.1. The number of morpholine rings is 1. The Balaban J connectivity index is 1.86. The highest BCUT2D eigenvalue weighted by Gasteiger charge is 2.22. The zero-order valence-corrected chi connectivity index (χ0v) is 18.2. The number of carbonyl (C=O) groups is 1. The molecule has 0 amide bonds. The molecule has 2 aromatic rings. The Kier molecular flexibility index (Phi) is 6.78. The van der Waals surface area contributed by atoms with E-state index in [0.717, 1.165) is 10.0 Å². The van der Waals surface area contributed by atoms with Crippen LogP contribution in [0, 0.1) is 0 Å². The van der Waals surface area contributed by atoms with Gasteiger partial charge in [0.2, 0.25) is 10.0 Å². The van der Waals surface area contributed by atoms with Crippen LogP contribution in [0.25, 0.3) is 0 Å². The molecule has 1 aliphatic rings. The molecule has 10 heteroatoms.